The van der Waals surface area contributed by atoms with Crippen LogP contribution in [0.4, 0.5) is 0 Å². The number of aliphatic carboxylic acids is 1. The molecule has 1 aliphatic rings. The first-order valence-corrected chi connectivity index (χ1v) is 7.60. The standard InChI is InChI=1S/C14H19NO4S/c1-19-7-5-11(14(17)18)15-13(16)10-3-2-4-12-9(10)6-8-20-12/h6,8,10-11H,2-5,7H2,1H3,(H,15,16)(H,17,18). The van der Waals surface area contributed by atoms with Gasteiger partial charge in [0.25, 0.3) is 0 Å². The van der Waals surface area contributed by atoms with Crippen molar-refractivity contribution >= 4 is 23.2 Å². The Morgan fingerprint density at radius 1 is 1.60 bits per heavy atom. The summed E-state index contributed by atoms with van der Waals surface area (Å²) in [7, 11) is 1.51. The minimum Gasteiger partial charge on any atom is -0.480 e. The van der Waals surface area contributed by atoms with E-state index in [1.807, 2.05) is 11.4 Å². The van der Waals surface area contributed by atoms with E-state index in [1.165, 1.54) is 12.0 Å². The number of carbonyl (C=O) groups excluding carboxylic acids is 1. The molecule has 2 N–H and O–H groups in total. The molecule has 0 aromatic carbocycles. The van der Waals surface area contributed by atoms with E-state index in [9.17, 15) is 9.59 Å². The number of aryl methyl sites for hydroxylation is 1. The van der Waals surface area contributed by atoms with E-state index in [2.05, 4.69) is 5.32 Å². The number of hydrogen-bond donors (Lipinski definition) is 2. The fraction of sp³-hybridized carbons (Fsp3) is 0.571. The smallest absolute Gasteiger partial charge is 0.326 e. The largest absolute Gasteiger partial charge is 0.480 e. The highest BCUT2D eigenvalue weighted by Crippen LogP contribution is 2.35. The molecule has 1 aromatic heterocycles. The Hall–Kier alpha value is -1.40. The van der Waals surface area contributed by atoms with E-state index < -0.39 is 12.0 Å². The first kappa shape index (κ1) is 15.0. The molecule has 2 unspecified atom stereocenters. The summed E-state index contributed by atoms with van der Waals surface area (Å²) >= 11 is 1.67. The average molecular weight is 297 g/mol. The van der Waals surface area contributed by atoms with Gasteiger partial charge in [-0.05, 0) is 36.3 Å². The lowest BCUT2D eigenvalue weighted by molar-refractivity contribution is -0.142. The van der Waals surface area contributed by atoms with Gasteiger partial charge in [0.1, 0.15) is 6.04 Å². The Morgan fingerprint density at radius 3 is 3.10 bits per heavy atom. The molecule has 0 bridgehead atoms. The van der Waals surface area contributed by atoms with Gasteiger partial charge in [0, 0.05) is 25.0 Å². The summed E-state index contributed by atoms with van der Waals surface area (Å²) < 4.78 is 4.88. The zero-order valence-electron chi connectivity index (χ0n) is 11.4. The first-order chi connectivity index (χ1) is 9.63. The SMILES string of the molecule is COCCC(NC(=O)C1CCCc2sccc21)C(=O)O. The number of thiophene rings is 1. The fourth-order valence-corrected chi connectivity index (χ4v) is 3.51. The maximum atomic E-state index is 12.3. The molecule has 2 rings (SSSR count). The van der Waals surface area contributed by atoms with Crippen LogP contribution in [0.25, 0.3) is 0 Å². The molecule has 1 aromatic rings. The van der Waals surface area contributed by atoms with E-state index in [-0.39, 0.29) is 18.2 Å². The topological polar surface area (TPSA) is 75.6 Å². The van der Waals surface area contributed by atoms with Gasteiger partial charge in [-0.15, -0.1) is 11.3 Å². The second-order valence-electron chi connectivity index (χ2n) is 4.92. The van der Waals surface area contributed by atoms with Crippen LogP contribution in [0.5, 0.6) is 0 Å². The van der Waals surface area contributed by atoms with Crippen LogP contribution in [0.15, 0.2) is 11.4 Å². The van der Waals surface area contributed by atoms with Gasteiger partial charge in [0.15, 0.2) is 0 Å². The molecule has 0 aliphatic heterocycles. The highest BCUT2D eigenvalue weighted by atomic mass is 32.1. The van der Waals surface area contributed by atoms with Gasteiger partial charge in [-0.2, -0.15) is 0 Å². The number of carbonyl (C=O) groups is 2. The van der Waals surface area contributed by atoms with E-state index in [4.69, 9.17) is 9.84 Å². The molecule has 20 heavy (non-hydrogen) atoms. The maximum Gasteiger partial charge on any atom is 0.326 e. The number of carboxylic acids is 1. The predicted molar refractivity (Wildman–Crippen MR) is 76.1 cm³/mol. The molecule has 1 aliphatic carbocycles. The van der Waals surface area contributed by atoms with E-state index in [0.29, 0.717) is 6.61 Å². The minimum atomic E-state index is -1.02. The van der Waals surface area contributed by atoms with Crippen molar-refractivity contribution in [2.24, 2.45) is 0 Å². The molecule has 0 radical (unpaired) electrons. The number of fused-ring (bicyclic) bond motifs is 1. The molecule has 0 fully saturated rings. The number of nitrogens with one attached hydrogen (secondary N) is 1. The molecule has 0 spiro atoms. The summed E-state index contributed by atoms with van der Waals surface area (Å²) in [5.41, 5.74) is 1.06. The number of amides is 1. The summed E-state index contributed by atoms with van der Waals surface area (Å²) in [4.78, 5) is 24.7. The van der Waals surface area contributed by atoms with Gasteiger partial charge in [-0.25, -0.2) is 4.79 Å². The molecule has 0 saturated carbocycles. The monoisotopic (exact) mass is 297 g/mol. The molecule has 1 amide bonds. The minimum absolute atomic E-state index is 0.187. The van der Waals surface area contributed by atoms with E-state index in [1.54, 1.807) is 11.3 Å². The summed E-state index contributed by atoms with van der Waals surface area (Å²) in [6.07, 6.45) is 3.05. The quantitative estimate of drug-likeness (QED) is 0.839. The van der Waals surface area contributed by atoms with Crippen LogP contribution in [-0.4, -0.2) is 36.7 Å². The highest BCUT2D eigenvalue weighted by molar-refractivity contribution is 7.10. The van der Waals surface area contributed by atoms with Gasteiger partial charge < -0.3 is 15.2 Å². The highest BCUT2D eigenvalue weighted by Gasteiger charge is 2.30. The van der Waals surface area contributed by atoms with Gasteiger partial charge in [-0.1, -0.05) is 0 Å². The third kappa shape index (κ3) is 3.37. The van der Waals surface area contributed by atoms with Crippen molar-refractivity contribution in [1.82, 2.24) is 5.32 Å². The van der Waals surface area contributed by atoms with Crippen molar-refractivity contribution in [3.05, 3.63) is 21.9 Å². The van der Waals surface area contributed by atoms with Crippen LogP contribution >= 0.6 is 11.3 Å². The van der Waals surface area contributed by atoms with Crippen LogP contribution < -0.4 is 5.32 Å². The number of carboxylic acid groups (broad SMARTS) is 1. The second-order valence-corrected chi connectivity index (χ2v) is 5.93. The van der Waals surface area contributed by atoms with E-state index >= 15 is 0 Å². The maximum absolute atomic E-state index is 12.3. The van der Waals surface area contributed by atoms with E-state index in [0.717, 1.165) is 24.8 Å². The molecule has 6 heteroatoms. The van der Waals surface area contributed by atoms with Crippen molar-refractivity contribution in [2.45, 2.75) is 37.6 Å². The Bertz CT molecular complexity index is 485. The van der Waals surface area contributed by atoms with Crippen molar-refractivity contribution in [3.8, 4) is 0 Å². The zero-order valence-corrected chi connectivity index (χ0v) is 12.2. The molecule has 0 saturated heterocycles. The van der Waals surface area contributed by atoms with Gasteiger partial charge in [0.05, 0.1) is 5.92 Å². The third-order valence-electron chi connectivity index (χ3n) is 3.59. The second kappa shape index (κ2) is 6.85. The normalized spacial score (nSPS) is 19.1. The molecule has 1 heterocycles. The van der Waals surface area contributed by atoms with Crippen LogP contribution in [0.3, 0.4) is 0 Å². The van der Waals surface area contributed by atoms with Crippen molar-refractivity contribution < 1.29 is 19.4 Å². The summed E-state index contributed by atoms with van der Waals surface area (Å²) in [5, 5.41) is 13.8. The number of rotatable bonds is 6. The van der Waals surface area contributed by atoms with Crippen LogP contribution in [0.1, 0.15) is 35.6 Å². The number of ether oxygens (including phenoxy) is 1. The van der Waals surface area contributed by atoms with Crippen molar-refractivity contribution in [3.63, 3.8) is 0 Å². The summed E-state index contributed by atoms with van der Waals surface area (Å²) in [6.45, 7) is 0.311. The third-order valence-corrected chi connectivity index (χ3v) is 4.59. The molecular formula is C14H19NO4S. The first-order valence-electron chi connectivity index (χ1n) is 6.72. The summed E-state index contributed by atoms with van der Waals surface area (Å²) in [6, 6.07) is 1.10. The number of methoxy groups -OCH3 is 1. The number of hydrogen-bond acceptors (Lipinski definition) is 4. The lowest BCUT2D eigenvalue weighted by atomic mass is 9.87. The lowest BCUT2D eigenvalue weighted by Crippen LogP contribution is -2.44. The Kier molecular flexibility index (Phi) is 5.14. The molecule has 2 atom stereocenters. The van der Waals surface area contributed by atoms with Gasteiger partial charge in [0.2, 0.25) is 5.91 Å². The van der Waals surface area contributed by atoms with Gasteiger partial charge in [-0.3, -0.25) is 4.79 Å². The molecule has 110 valence electrons. The van der Waals surface area contributed by atoms with Crippen LogP contribution in [0, 0.1) is 0 Å². The molecular weight excluding hydrogens is 278 g/mol. The lowest BCUT2D eigenvalue weighted by Gasteiger charge is -2.23. The van der Waals surface area contributed by atoms with Crippen LogP contribution in [0.2, 0.25) is 0 Å². The Morgan fingerprint density at radius 2 is 2.40 bits per heavy atom. The fourth-order valence-electron chi connectivity index (χ4n) is 2.52. The predicted octanol–water partition coefficient (Wildman–Crippen LogP) is 1.77. The van der Waals surface area contributed by atoms with Gasteiger partial charge >= 0.3 is 5.97 Å². The van der Waals surface area contributed by atoms with Crippen LogP contribution in [-0.2, 0) is 20.7 Å². The summed E-state index contributed by atoms with van der Waals surface area (Å²) in [5.74, 6) is -1.42. The van der Waals surface area contributed by atoms with Crippen molar-refractivity contribution in [2.75, 3.05) is 13.7 Å². The average Bonchev–Trinajstić information content (AvgIpc) is 2.90. The zero-order chi connectivity index (χ0) is 14.5. The molecule has 5 nitrogen and oxygen atoms in total. The van der Waals surface area contributed by atoms with Crippen molar-refractivity contribution in [1.29, 1.82) is 0 Å². The Labute approximate surface area is 121 Å². The Balaban J connectivity index is 2.03.